The summed E-state index contributed by atoms with van der Waals surface area (Å²) >= 11 is 0. The van der Waals surface area contributed by atoms with E-state index in [9.17, 15) is 9.59 Å². The van der Waals surface area contributed by atoms with Crippen molar-refractivity contribution in [3.05, 3.63) is 18.3 Å². The Morgan fingerprint density at radius 2 is 2.30 bits per heavy atom. The third kappa shape index (κ3) is 4.18. The first-order valence-corrected chi connectivity index (χ1v) is 6.38. The second-order valence-electron chi connectivity index (χ2n) is 4.78. The van der Waals surface area contributed by atoms with E-state index in [-0.39, 0.29) is 36.7 Å². The molecule has 0 aromatic carbocycles. The van der Waals surface area contributed by atoms with E-state index in [2.05, 4.69) is 10.3 Å². The van der Waals surface area contributed by atoms with Crippen molar-refractivity contribution in [2.24, 2.45) is 5.73 Å². The average Bonchev–Trinajstić information content (AvgIpc) is 2.75. The summed E-state index contributed by atoms with van der Waals surface area (Å²) in [5, 5.41) is 2.67. The molecule has 1 fully saturated rings. The Morgan fingerprint density at radius 1 is 1.55 bits per heavy atom. The second-order valence-corrected chi connectivity index (χ2v) is 4.78. The highest BCUT2D eigenvalue weighted by molar-refractivity contribution is 5.95. The highest BCUT2D eigenvalue weighted by Gasteiger charge is 2.21. The predicted molar refractivity (Wildman–Crippen MR) is 80.0 cm³/mol. The van der Waals surface area contributed by atoms with Crippen LogP contribution >= 0.6 is 12.4 Å². The first kappa shape index (κ1) is 16.4. The van der Waals surface area contributed by atoms with Crippen LogP contribution in [0.25, 0.3) is 0 Å². The van der Waals surface area contributed by atoms with E-state index in [1.54, 1.807) is 30.2 Å². The van der Waals surface area contributed by atoms with E-state index in [1.807, 2.05) is 0 Å². The molecule has 0 radical (unpaired) electrons. The summed E-state index contributed by atoms with van der Waals surface area (Å²) in [5.41, 5.74) is 6.31. The molecule has 20 heavy (non-hydrogen) atoms. The van der Waals surface area contributed by atoms with Gasteiger partial charge in [-0.05, 0) is 25.5 Å². The van der Waals surface area contributed by atoms with Gasteiger partial charge >= 0.3 is 0 Å². The van der Waals surface area contributed by atoms with Crippen LogP contribution < -0.4 is 16.0 Å². The van der Waals surface area contributed by atoms with E-state index in [4.69, 9.17) is 5.73 Å². The average molecular weight is 299 g/mol. The molecule has 1 atom stereocenters. The molecule has 2 amide bonds. The molecule has 2 rings (SSSR count). The third-order valence-corrected chi connectivity index (χ3v) is 2.91. The maximum atomic E-state index is 11.6. The monoisotopic (exact) mass is 298 g/mol. The topological polar surface area (TPSA) is 88.3 Å². The van der Waals surface area contributed by atoms with Crippen molar-refractivity contribution >= 4 is 35.7 Å². The van der Waals surface area contributed by atoms with Crippen molar-refractivity contribution in [3.8, 4) is 0 Å². The van der Waals surface area contributed by atoms with Crippen molar-refractivity contribution in [1.82, 2.24) is 4.98 Å². The van der Waals surface area contributed by atoms with Crippen molar-refractivity contribution in [2.45, 2.75) is 32.2 Å². The van der Waals surface area contributed by atoms with Crippen LogP contribution in [0.15, 0.2) is 18.3 Å². The number of carbonyl (C=O) groups is 2. The van der Waals surface area contributed by atoms with E-state index in [0.29, 0.717) is 12.2 Å². The van der Waals surface area contributed by atoms with Gasteiger partial charge < -0.3 is 16.0 Å². The molecule has 1 saturated heterocycles. The fourth-order valence-electron chi connectivity index (χ4n) is 2.03. The lowest BCUT2D eigenvalue weighted by Gasteiger charge is -2.15. The third-order valence-electron chi connectivity index (χ3n) is 2.91. The minimum atomic E-state index is -0.179. The van der Waals surface area contributed by atoms with Crippen LogP contribution in [0.2, 0.25) is 0 Å². The van der Waals surface area contributed by atoms with Crippen LogP contribution in [-0.4, -0.2) is 29.4 Å². The standard InChI is InChI=1S/C13H18N4O2.ClH/c1-9(14)7-12(18)16-11-5-4-10(8-15-11)17-6-2-3-13(17)19;/h4-5,8-9H,2-3,6-7,14H2,1H3,(H,15,16,18);1H. The van der Waals surface area contributed by atoms with E-state index in [0.717, 1.165) is 18.7 Å². The van der Waals surface area contributed by atoms with E-state index < -0.39 is 0 Å². The van der Waals surface area contributed by atoms with Crippen LogP contribution in [0.3, 0.4) is 0 Å². The lowest BCUT2D eigenvalue weighted by Crippen LogP contribution is -2.25. The Hall–Kier alpha value is -1.66. The maximum absolute atomic E-state index is 11.6. The smallest absolute Gasteiger partial charge is 0.227 e. The van der Waals surface area contributed by atoms with Crippen LogP contribution in [0.1, 0.15) is 26.2 Å². The molecule has 1 aromatic rings. The fourth-order valence-corrected chi connectivity index (χ4v) is 2.03. The molecule has 0 saturated carbocycles. The zero-order valence-electron chi connectivity index (χ0n) is 11.3. The molecule has 1 aliphatic heterocycles. The SMILES string of the molecule is CC(N)CC(=O)Nc1ccc(N2CCCC2=O)cn1.Cl. The first-order valence-electron chi connectivity index (χ1n) is 6.38. The Bertz CT molecular complexity index is 476. The summed E-state index contributed by atoms with van der Waals surface area (Å²) in [5.74, 6) is 0.434. The molecule has 1 unspecified atom stereocenters. The number of carbonyl (C=O) groups excluding carboxylic acids is 2. The summed E-state index contributed by atoms with van der Waals surface area (Å²) in [6.45, 7) is 2.51. The normalized spacial score (nSPS) is 15.7. The number of hydrogen-bond donors (Lipinski definition) is 2. The van der Waals surface area contributed by atoms with Crippen molar-refractivity contribution in [1.29, 1.82) is 0 Å². The molecule has 110 valence electrons. The minimum absolute atomic E-state index is 0. The largest absolute Gasteiger partial charge is 0.327 e. The fraction of sp³-hybridized carbons (Fsp3) is 0.462. The zero-order valence-corrected chi connectivity index (χ0v) is 12.2. The molecular formula is C13H19ClN4O2. The Kier molecular flexibility index (Phi) is 5.91. The maximum Gasteiger partial charge on any atom is 0.227 e. The van der Waals surface area contributed by atoms with Gasteiger partial charge in [-0.2, -0.15) is 0 Å². The molecule has 0 aliphatic carbocycles. The van der Waals surface area contributed by atoms with Gasteiger partial charge in [-0.3, -0.25) is 9.59 Å². The molecule has 1 aliphatic rings. The minimum Gasteiger partial charge on any atom is -0.327 e. The van der Waals surface area contributed by atoms with Crippen molar-refractivity contribution in [3.63, 3.8) is 0 Å². The number of hydrogen-bond acceptors (Lipinski definition) is 4. The molecule has 6 nitrogen and oxygen atoms in total. The van der Waals surface area contributed by atoms with Gasteiger partial charge in [0, 0.05) is 25.4 Å². The Labute approximate surface area is 124 Å². The lowest BCUT2D eigenvalue weighted by atomic mass is 10.2. The molecule has 7 heteroatoms. The number of anilines is 2. The zero-order chi connectivity index (χ0) is 13.8. The van der Waals surface area contributed by atoms with Gasteiger partial charge in [0.1, 0.15) is 5.82 Å². The number of rotatable bonds is 4. The van der Waals surface area contributed by atoms with E-state index in [1.165, 1.54) is 0 Å². The summed E-state index contributed by atoms with van der Waals surface area (Å²) in [4.78, 5) is 28.9. The van der Waals surface area contributed by atoms with Crippen LogP contribution in [-0.2, 0) is 9.59 Å². The van der Waals surface area contributed by atoms with Crippen LogP contribution in [0, 0.1) is 0 Å². The summed E-state index contributed by atoms with van der Waals surface area (Å²) in [7, 11) is 0. The van der Waals surface area contributed by atoms with E-state index >= 15 is 0 Å². The van der Waals surface area contributed by atoms with Gasteiger partial charge in [-0.15, -0.1) is 12.4 Å². The molecule has 1 aromatic heterocycles. The molecule has 3 N–H and O–H groups in total. The highest BCUT2D eigenvalue weighted by atomic mass is 35.5. The van der Waals surface area contributed by atoms with Crippen LogP contribution in [0.4, 0.5) is 11.5 Å². The second kappa shape index (κ2) is 7.21. The number of pyridine rings is 1. The molecule has 0 spiro atoms. The number of nitrogens with one attached hydrogen (secondary N) is 1. The number of nitrogens with two attached hydrogens (primary N) is 1. The summed E-state index contributed by atoms with van der Waals surface area (Å²) < 4.78 is 0. The first-order chi connectivity index (χ1) is 9.06. The van der Waals surface area contributed by atoms with Crippen LogP contribution in [0.5, 0.6) is 0 Å². The summed E-state index contributed by atoms with van der Waals surface area (Å²) in [6, 6.07) is 3.30. The van der Waals surface area contributed by atoms with Crippen molar-refractivity contribution in [2.75, 3.05) is 16.8 Å². The Morgan fingerprint density at radius 3 is 2.80 bits per heavy atom. The number of aromatic nitrogens is 1. The van der Waals surface area contributed by atoms with Gasteiger partial charge in [-0.1, -0.05) is 0 Å². The molecule has 0 bridgehead atoms. The number of halogens is 1. The van der Waals surface area contributed by atoms with Gasteiger partial charge in [-0.25, -0.2) is 4.98 Å². The molecular weight excluding hydrogens is 280 g/mol. The van der Waals surface area contributed by atoms with Gasteiger partial charge in [0.2, 0.25) is 11.8 Å². The molecule has 2 heterocycles. The Balaban J connectivity index is 0.00000200. The number of amides is 2. The van der Waals surface area contributed by atoms with Gasteiger partial charge in [0.25, 0.3) is 0 Å². The predicted octanol–water partition coefficient (Wildman–Crippen LogP) is 1.31. The lowest BCUT2D eigenvalue weighted by molar-refractivity contribution is -0.117. The van der Waals surface area contributed by atoms with Crippen molar-refractivity contribution < 1.29 is 9.59 Å². The van der Waals surface area contributed by atoms with Gasteiger partial charge in [0.15, 0.2) is 0 Å². The summed E-state index contributed by atoms with van der Waals surface area (Å²) in [6.07, 6.45) is 3.33. The van der Waals surface area contributed by atoms with Gasteiger partial charge in [0.05, 0.1) is 11.9 Å². The quantitative estimate of drug-likeness (QED) is 0.877. The highest BCUT2D eigenvalue weighted by Crippen LogP contribution is 2.21. The number of nitrogens with zero attached hydrogens (tertiary/aromatic N) is 2.